The van der Waals surface area contributed by atoms with E-state index in [9.17, 15) is 13.2 Å². The molecule has 0 spiro atoms. The van der Waals surface area contributed by atoms with Crippen molar-refractivity contribution in [1.29, 1.82) is 0 Å². The molecule has 1 saturated heterocycles. The molecule has 2 aromatic carbocycles. The lowest BCUT2D eigenvalue weighted by Gasteiger charge is -2.23. The third-order valence-electron chi connectivity index (χ3n) is 5.64. The molecule has 1 aromatic heterocycles. The van der Waals surface area contributed by atoms with Crippen LogP contribution in [0, 0.1) is 0 Å². The van der Waals surface area contributed by atoms with Gasteiger partial charge in [-0.3, -0.25) is 0 Å². The van der Waals surface area contributed by atoms with Crippen molar-refractivity contribution < 1.29 is 22.4 Å². The number of para-hydroxylation sites is 2. The van der Waals surface area contributed by atoms with Gasteiger partial charge in [-0.1, -0.05) is 26.0 Å². The first kappa shape index (κ1) is 22.3. The highest BCUT2D eigenvalue weighted by Gasteiger charge is 2.27. The minimum absolute atomic E-state index is 0.0814. The van der Waals surface area contributed by atoms with Gasteiger partial charge in [0.15, 0.2) is 12.2 Å². The van der Waals surface area contributed by atoms with Crippen molar-refractivity contribution in [1.82, 2.24) is 9.29 Å². The molecule has 1 aliphatic heterocycles. The number of esters is 1. The highest BCUT2D eigenvalue weighted by atomic mass is 32.2. The van der Waals surface area contributed by atoms with E-state index >= 15 is 0 Å². The van der Waals surface area contributed by atoms with Gasteiger partial charge in [0.1, 0.15) is 5.52 Å². The predicted octanol–water partition coefficient (Wildman–Crippen LogP) is 3.82. The summed E-state index contributed by atoms with van der Waals surface area (Å²) in [6.45, 7) is 5.76. The van der Waals surface area contributed by atoms with Gasteiger partial charge in [0, 0.05) is 26.2 Å². The van der Waals surface area contributed by atoms with Crippen LogP contribution in [0.3, 0.4) is 0 Å². The monoisotopic (exact) mass is 457 g/mol. The van der Waals surface area contributed by atoms with Crippen molar-refractivity contribution in [2.75, 3.05) is 31.1 Å². The number of fused-ring (bicyclic) bond motifs is 1. The number of sulfonamides is 1. The molecule has 32 heavy (non-hydrogen) atoms. The van der Waals surface area contributed by atoms with E-state index in [1.807, 2.05) is 18.2 Å². The summed E-state index contributed by atoms with van der Waals surface area (Å²) in [7, 11) is -3.71. The summed E-state index contributed by atoms with van der Waals surface area (Å²) in [6.07, 6.45) is 2.05. The molecule has 9 heteroatoms. The van der Waals surface area contributed by atoms with Gasteiger partial charge in [0.05, 0.1) is 16.1 Å². The van der Waals surface area contributed by atoms with Gasteiger partial charge >= 0.3 is 5.97 Å². The first-order chi connectivity index (χ1) is 15.4. The highest BCUT2D eigenvalue weighted by Crippen LogP contribution is 2.29. The molecule has 1 aliphatic rings. The van der Waals surface area contributed by atoms with Gasteiger partial charge < -0.3 is 14.1 Å². The minimum atomic E-state index is -3.71. The van der Waals surface area contributed by atoms with Gasteiger partial charge in [0.2, 0.25) is 15.9 Å². The Hall–Kier alpha value is -2.91. The van der Waals surface area contributed by atoms with E-state index in [0.29, 0.717) is 29.9 Å². The second-order valence-electron chi connectivity index (χ2n) is 7.61. The van der Waals surface area contributed by atoms with Gasteiger partial charge in [0.25, 0.3) is 0 Å². The maximum Gasteiger partial charge on any atom is 0.340 e. The van der Waals surface area contributed by atoms with Crippen LogP contribution >= 0.6 is 0 Å². The molecule has 0 N–H and O–H groups in total. The molecule has 0 aliphatic carbocycles. The number of nitrogens with zero attached hydrogens (tertiary/aromatic N) is 3. The fourth-order valence-electron chi connectivity index (χ4n) is 3.97. The van der Waals surface area contributed by atoms with E-state index in [1.54, 1.807) is 32.0 Å². The fraction of sp³-hybridized carbons (Fsp3) is 0.391. The average molecular weight is 458 g/mol. The quantitative estimate of drug-likeness (QED) is 0.475. The van der Waals surface area contributed by atoms with Crippen LogP contribution in [0.25, 0.3) is 11.1 Å². The fourth-order valence-corrected chi connectivity index (χ4v) is 5.46. The Labute approximate surface area is 187 Å². The van der Waals surface area contributed by atoms with Crippen LogP contribution in [-0.2, 0) is 21.4 Å². The van der Waals surface area contributed by atoms with Crippen molar-refractivity contribution >= 4 is 32.8 Å². The summed E-state index contributed by atoms with van der Waals surface area (Å²) in [6, 6.07) is 12.0. The van der Waals surface area contributed by atoms with Crippen LogP contribution in [0.5, 0.6) is 0 Å². The smallest absolute Gasteiger partial charge is 0.340 e. The molecule has 3 aromatic rings. The summed E-state index contributed by atoms with van der Waals surface area (Å²) in [5.41, 5.74) is 2.21. The van der Waals surface area contributed by atoms with Crippen molar-refractivity contribution in [2.45, 2.75) is 38.2 Å². The van der Waals surface area contributed by atoms with E-state index in [1.165, 1.54) is 10.4 Å². The van der Waals surface area contributed by atoms with Crippen molar-refractivity contribution in [3.8, 4) is 0 Å². The maximum atomic E-state index is 13.1. The number of oxazole rings is 1. The molecule has 4 rings (SSSR count). The number of rotatable bonds is 8. The van der Waals surface area contributed by atoms with E-state index in [0.717, 1.165) is 25.9 Å². The van der Waals surface area contributed by atoms with Crippen LogP contribution in [0.4, 0.5) is 5.69 Å². The Kier molecular flexibility index (Phi) is 6.48. The summed E-state index contributed by atoms with van der Waals surface area (Å²) >= 11 is 0. The minimum Gasteiger partial charge on any atom is -0.452 e. The SMILES string of the molecule is CCN(CC)S(=O)(=O)c1ccc(N2CCCC2)c(C(=O)OCc2nc3ccccc3o2)c1. The molecule has 0 atom stereocenters. The number of anilines is 1. The Morgan fingerprint density at radius 2 is 1.84 bits per heavy atom. The zero-order valence-electron chi connectivity index (χ0n) is 18.3. The zero-order valence-corrected chi connectivity index (χ0v) is 19.1. The molecule has 1 fully saturated rings. The van der Waals surface area contributed by atoms with Crippen molar-refractivity contribution in [3.63, 3.8) is 0 Å². The second kappa shape index (κ2) is 9.30. The normalized spacial score (nSPS) is 14.4. The van der Waals surface area contributed by atoms with E-state index < -0.39 is 16.0 Å². The van der Waals surface area contributed by atoms with Crippen LogP contribution in [-0.4, -0.2) is 49.9 Å². The summed E-state index contributed by atoms with van der Waals surface area (Å²) in [4.78, 5) is 19.6. The molecule has 0 bridgehead atoms. The standard InChI is InChI=1S/C23H27N3O5S/c1-3-26(4-2)32(28,29)17-11-12-20(25-13-7-8-14-25)18(15-17)23(27)30-16-22-24-19-9-5-6-10-21(19)31-22/h5-6,9-12,15H,3-4,7-8,13-14,16H2,1-2H3. The Morgan fingerprint density at radius 1 is 1.12 bits per heavy atom. The first-order valence-corrected chi connectivity index (χ1v) is 12.3. The Bertz CT molecular complexity index is 1180. The first-order valence-electron chi connectivity index (χ1n) is 10.8. The lowest BCUT2D eigenvalue weighted by Crippen LogP contribution is -2.31. The number of hydrogen-bond donors (Lipinski definition) is 0. The molecule has 0 amide bonds. The van der Waals surface area contributed by atoms with Crippen LogP contribution in [0.2, 0.25) is 0 Å². The zero-order chi connectivity index (χ0) is 22.7. The van der Waals surface area contributed by atoms with Crippen LogP contribution in [0.1, 0.15) is 42.9 Å². The maximum absolute atomic E-state index is 13.1. The molecule has 8 nitrogen and oxygen atoms in total. The largest absolute Gasteiger partial charge is 0.452 e. The van der Waals surface area contributed by atoms with Crippen molar-refractivity contribution in [2.24, 2.45) is 0 Å². The number of ether oxygens (including phenoxy) is 1. The topological polar surface area (TPSA) is 93.0 Å². The lowest BCUT2D eigenvalue weighted by molar-refractivity contribution is 0.0441. The lowest BCUT2D eigenvalue weighted by atomic mass is 10.1. The third kappa shape index (κ3) is 4.35. The number of aromatic nitrogens is 1. The Balaban J connectivity index is 1.63. The molecule has 0 saturated carbocycles. The summed E-state index contributed by atoms with van der Waals surface area (Å²) in [5, 5.41) is 0. The average Bonchev–Trinajstić information content (AvgIpc) is 3.47. The number of benzene rings is 2. The number of carbonyl (C=O) groups excluding carboxylic acids is 1. The molecule has 170 valence electrons. The highest BCUT2D eigenvalue weighted by molar-refractivity contribution is 7.89. The van der Waals surface area contributed by atoms with Gasteiger partial charge in [-0.15, -0.1) is 0 Å². The second-order valence-corrected chi connectivity index (χ2v) is 9.55. The molecular formula is C23H27N3O5S. The summed E-state index contributed by atoms with van der Waals surface area (Å²) < 4.78 is 38.5. The Morgan fingerprint density at radius 3 is 2.53 bits per heavy atom. The van der Waals surface area contributed by atoms with E-state index in [2.05, 4.69) is 9.88 Å². The van der Waals surface area contributed by atoms with Crippen LogP contribution < -0.4 is 4.90 Å². The molecular weight excluding hydrogens is 430 g/mol. The molecule has 0 unspecified atom stereocenters. The summed E-state index contributed by atoms with van der Waals surface area (Å²) in [5.74, 6) is -0.319. The predicted molar refractivity (Wildman–Crippen MR) is 121 cm³/mol. The number of carbonyl (C=O) groups is 1. The van der Waals surface area contributed by atoms with E-state index in [-0.39, 0.29) is 23.0 Å². The van der Waals surface area contributed by atoms with Gasteiger partial charge in [-0.2, -0.15) is 4.31 Å². The van der Waals surface area contributed by atoms with Gasteiger partial charge in [-0.05, 0) is 43.2 Å². The van der Waals surface area contributed by atoms with E-state index in [4.69, 9.17) is 9.15 Å². The van der Waals surface area contributed by atoms with Gasteiger partial charge in [-0.25, -0.2) is 18.2 Å². The third-order valence-corrected chi connectivity index (χ3v) is 7.69. The van der Waals surface area contributed by atoms with Crippen LogP contribution in [0.15, 0.2) is 51.8 Å². The molecule has 0 radical (unpaired) electrons. The van der Waals surface area contributed by atoms with Crippen molar-refractivity contribution in [3.05, 3.63) is 53.9 Å². The molecule has 2 heterocycles. The number of hydrogen-bond acceptors (Lipinski definition) is 7.